The molecule has 0 atom stereocenters. The van der Waals surface area contributed by atoms with Gasteiger partial charge in [-0.2, -0.15) is 0 Å². The van der Waals surface area contributed by atoms with E-state index < -0.39 is 0 Å². The van der Waals surface area contributed by atoms with E-state index in [1.165, 1.54) is 24.0 Å². The molecule has 1 aliphatic rings. The third-order valence-corrected chi connectivity index (χ3v) is 3.32. The first-order chi connectivity index (χ1) is 7.99. The molecule has 0 aromatic heterocycles. The molecule has 100 valence electrons. The number of allylic oxidation sites excluding steroid dienone is 2. The number of aliphatic imine (C=N–C) groups is 1. The first kappa shape index (κ1) is 16.4. The van der Waals surface area contributed by atoms with Gasteiger partial charge in [0, 0.05) is 26.5 Å². The molecule has 0 amide bonds. The molecule has 0 aliphatic carbocycles. The lowest BCUT2D eigenvalue weighted by atomic mass is 9.89. The van der Waals surface area contributed by atoms with Crippen molar-refractivity contribution in [2.45, 2.75) is 47.5 Å². The minimum absolute atomic E-state index is 0.855. The predicted octanol–water partition coefficient (Wildman–Crippen LogP) is 4.11. The van der Waals surface area contributed by atoms with Gasteiger partial charge in [-0.3, -0.25) is 4.99 Å². The van der Waals surface area contributed by atoms with E-state index in [-0.39, 0.29) is 0 Å². The van der Waals surface area contributed by atoms with Crippen LogP contribution in [0.1, 0.15) is 47.5 Å². The van der Waals surface area contributed by atoms with Crippen LogP contribution in [0.4, 0.5) is 0 Å². The lowest BCUT2D eigenvalue weighted by molar-refractivity contribution is 0.0523. The van der Waals surface area contributed by atoms with Crippen LogP contribution in [0.2, 0.25) is 0 Å². The van der Waals surface area contributed by atoms with Gasteiger partial charge < -0.3 is 4.74 Å². The number of hydrogen-bond acceptors (Lipinski definition) is 2. The van der Waals surface area contributed by atoms with Crippen molar-refractivity contribution in [1.29, 1.82) is 0 Å². The summed E-state index contributed by atoms with van der Waals surface area (Å²) >= 11 is 0. The smallest absolute Gasteiger partial charge is 0.0468 e. The fraction of sp³-hybridized carbons (Fsp3) is 0.800. The summed E-state index contributed by atoms with van der Waals surface area (Å²) in [5.41, 5.74) is 2.59. The van der Waals surface area contributed by atoms with Gasteiger partial charge in [-0.15, -0.1) is 0 Å². The van der Waals surface area contributed by atoms with E-state index in [4.69, 9.17) is 4.74 Å². The van der Waals surface area contributed by atoms with E-state index in [1.807, 2.05) is 6.21 Å². The van der Waals surface area contributed by atoms with Gasteiger partial charge in [-0.25, -0.2) is 0 Å². The Bertz CT molecular complexity index is 244. The highest BCUT2D eigenvalue weighted by molar-refractivity contribution is 5.78. The van der Waals surface area contributed by atoms with Crippen molar-refractivity contribution >= 4 is 6.21 Å². The molecule has 2 nitrogen and oxygen atoms in total. The van der Waals surface area contributed by atoms with Gasteiger partial charge in [0.05, 0.1) is 0 Å². The Balaban J connectivity index is 0.000000304. The van der Waals surface area contributed by atoms with Crippen molar-refractivity contribution in [3.63, 3.8) is 0 Å². The largest absolute Gasteiger partial charge is 0.381 e. The molecule has 0 unspecified atom stereocenters. The second-order valence-electron chi connectivity index (χ2n) is 5.26. The third kappa shape index (κ3) is 8.14. The Morgan fingerprint density at radius 3 is 1.94 bits per heavy atom. The number of rotatable bonds is 2. The van der Waals surface area contributed by atoms with Crippen molar-refractivity contribution in [1.82, 2.24) is 0 Å². The second-order valence-corrected chi connectivity index (χ2v) is 5.26. The predicted molar refractivity (Wildman–Crippen MR) is 76.8 cm³/mol. The fourth-order valence-electron chi connectivity index (χ4n) is 1.71. The molecule has 1 aliphatic heterocycles. The van der Waals surface area contributed by atoms with Gasteiger partial charge in [0.1, 0.15) is 0 Å². The average Bonchev–Trinajstić information content (AvgIpc) is 2.31. The third-order valence-electron chi connectivity index (χ3n) is 3.32. The molecule has 1 heterocycles. The number of nitrogens with zero attached hydrogens (tertiary/aromatic N) is 1. The van der Waals surface area contributed by atoms with Crippen LogP contribution in [-0.2, 0) is 4.74 Å². The molecule has 0 saturated carbocycles. The fourth-order valence-corrected chi connectivity index (χ4v) is 1.71. The van der Waals surface area contributed by atoms with Crippen molar-refractivity contribution in [3.8, 4) is 0 Å². The van der Waals surface area contributed by atoms with Crippen LogP contribution >= 0.6 is 0 Å². The summed E-state index contributed by atoms with van der Waals surface area (Å²) in [4.78, 5) is 3.87. The van der Waals surface area contributed by atoms with Gasteiger partial charge in [-0.05, 0) is 51.0 Å². The van der Waals surface area contributed by atoms with Crippen LogP contribution in [0, 0.1) is 11.8 Å². The summed E-state index contributed by atoms with van der Waals surface area (Å²) in [6, 6.07) is 0. The molecule has 0 N–H and O–H groups in total. The second kappa shape index (κ2) is 9.41. The summed E-state index contributed by atoms with van der Waals surface area (Å²) in [5, 5.41) is 0. The minimum Gasteiger partial charge on any atom is -0.381 e. The minimum atomic E-state index is 0.855. The molecule has 0 bridgehead atoms. The molecular formula is C15H29NO. The quantitative estimate of drug-likeness (QED) is 0.664. The van der Waals surface area contributed by atoms with Crippen molar-refractivity contribution in [2.24, 2.45) is 16.8 Å². The number of hydrogen-bond donors (Lipinski definition) is 0. The zero-order valence-corrected chi connectivity index (χ0v) is 12.4. The van der Waals surface area contributed by atoms with Crippen LogP contribution in [0.15, 0.2) is 16.1 Å². The van der Waals surface area contributed by atoms with E-state index in [0.717, 1.165) is 25.0 Å². The Hall–Kier alpha value is -0.630. The van der Waals surface area contributed by atoms with E-state index in [0.29, 0.717) is 0 Å². The summed E-state index contributed by atoms with van der Waals surface area (Å²) in [5.74, 6) is 1.78. The van der Waals surface area contributed by atoms with Crippen LogP contribution in [0.5, 0.6) is 0 Å². The van der Waals surface area contributed by atoms with E-state index in [9.17, 15) is 0 Å². The molecule has 1 fully saturated rings. The molecule has 0 aromatic rings. The number of ether oxygens (including phenoxy) is 1. The zero-order valence-electron chi connectivity index (χ0n) is 12.4. The SMILES string of the molecule is CC(C)C1CCOCC1.CN=CC(C)=C(C)C. The lowest BCUT2D eigenvalue weighted by Gasteiger charge is -2.24. The molecule has 2 heteroatoms. The van der Waals surface area contributed by atoms with Crippen molar-refractivity contribution < 1.29 is 4.74 Å². The summed E-state index contributed by atoms with van der Waals surface area (Å²) in [6.45, 7) is 12.8. The van der Waals surface area contributed by atoms with Gasteiger partial charge in [-0.1, -0.05) is 19.4 Å². The molecule has 0 spiro atoms. The first-order valence-electron chi connectivity index (χ1n) is 6.63. The monoisotopic (exact) mass is 239 g/mol. The molecule has 0 aromatic carbocycles. The van der Waals surface area contributed by atoms with Gasteiger partial charge in [0.15, 0.2) is 0 Å². The van der Waals surface area contributed by atoms with Crippen molar-refractivity contribution in [2.75, 3.05) is 20.3 Å². The highest BCUT2D eigenvalue weighted by Gasteiger charge is 2.16. The van der Waals surface area contributed by atoms with E-state index >= 15 is 0 Å². The molecule has 17 heavy (non-hydrogen) atoms. The summed E-state index contributed by atoms with van der Waals surface area (Å²) < 4.78 is 5.25. The molecule has 0 radical (unpaired) electrons. The standard InChI is InChI=1S/C8H16O.C7H13N/c1-7(2)8-3-5-9-6-4-8;1-6(2)7(3)5-8-4/h7-8H,3-6H2,1-2H3;5H,1-4H3. The van der Waals surface area contributed by atoms with E-state index in [1.54, 1.807) is 7.05 Å². The molecule has 1 saturated heterocycles. The topological polar surface area (TPSA) is 21.6 Å². The Kier molecular flexibility index (Phi) is 9.06. The van der Waals surface area contributed by atoms with E-state index in [2.05, 4.69) is 39.6 Å². The lowest BCUT2D eigenvalue weighted by Crippen LogP contribution is -2.19. The Labute approximate surface area is 107 Å². The maximum atomic E-state index is 5.25. The van der Waals surface area contributed by atoms with Gasteiger partial charge >= 0.3 is 0 Å². The van der Waals surface area contributed by atoms with Crippen molar-refractivity contribution in [3.05, 3.63) is 11.1 Å². The maximum Gasteiger partial charge on any atom is 0.0468 e. The normalized spacial score (nSPS) is 16.9. The molecular weight excluding hydrogens is 210 g/mol. The molecule has 1 rings (SSSR count). The first-order valence-corrected chi connectivity index (χ1v) is 6.63. The average molecular weight is 239 g/mol. The van der Waals surface area contributed by atoms with Crippen LogP contribution in [0.3, 0.4) is 0 Å². The Morgan fingerprint density at radius 2 is 1.71 bits per heavy atom. The Morgan fingerprint density at radius 1 is 1.18 bits per heavy atom. The summed E-state index contributed by atoms with van der Waals surface area (Å²) in [7, 11) is 1.78. The van der Waals surface area contributed by atoms with Crippen LogP contribution in [-0.4, -0.2) is 26.5 Å². The highest BCUT2D eigenvalue weighted by atomic mass is 16.5. The van der Waals surface area contributed by atoms with Crippen LogP contribution < -0.4 is 0 Å². The maximum absolute atomic E-state index is 5.25. The van der Waals surface area contributed by atoms with Gasteiger partial charge in [0.2, 0.25) is 0 Å². The zero-order chi connectivity index (χ0) is 13.3. The summed E-state index contributed by atoms with van der Waals surface area (Å²) in [6.07, 6.45) is 4.42. The van der Waals surface area contributed by atoms with Gasteiger partial charge in [0.25, 0.3) is 0 Å². The van der Waals surface area contributed by atoms with Crippen LogP contribution in [0.25, 0.3) is 0 Å². The highest BCUT2D eigenvalue weighted by Crippen LogP contribution is 2.22.